The molecule has 1 saturated heterocycles. The van der Waals surface area contributed by atoms with Crippen LogP contribution in [0.25, 0.3) is 0 Å². The van der Waals surface area contributed by atoms with Crippen LogP contribution in [0.3, 0.4) is 0 Å². The fourth-order valence-electron chi connectivity index (χ4n) is 2.91. The summed E-state index contributed by atoms with van der Waals surface area (Å²) in [5.74, 6) is 0. The average molecular weight is 349 g/mol. The minimum Gasteiger partial charge on any atom is -0.371 e. The van der Waals surface area contributed by atoms with Gasteiger partial charge >= 0.3 is 6.03 Å². The van der Waals surface area contributed by atoms with E-state index < -0.39 is 0 Å². The number of nitrogens with one attached hydrogen (secondary N) is 1. The van der Waals surface area contributed by atoms with Gasteiger partial charge < -0.3 is 15.1 Å². The zero-order chi connectivity index (χ0) is 18.8. The van der Waals surface area contributed by atoms with Crippen molar-refractivity contribution >= 4 is 11.7 Å². The summed E-state index contributed by atoms with van der Waals surface area (Å²) in [6, 6.07) is 1.76. The van der Waals surface area contributed by atoms with Crippen LogP contribution in [-0.2, 0) is 0 Å². The number of rotatable bonds is 3. The first kappa shape index (κ1) is 19.3. The zero-order valence-electron chi connectivity index (χ0n) is 16.2. The number of carbonyl (C=O) groups excluding carboxylic acids is 1. The van der Waals surface area contributed by atoms with Gasteiger partial charge in [-0.2, -0.15) is 5.10 Å². The molecule has 1 aliphatic heterocycles. The maximum atomic E-state index is 12.5. The van der Waals surface area contributed by atoms with Gasteiger partial charge in [0.2, 0.25) is 0 Å². The molecule has 7 heteroatoms. The molecule has 1 aliphatic rings. The van der Waals surface area contributed by atoms with Crippen molar-refractivity contribution in [2.75, 3.05) is 25.0 Å². The quantitative estimate of drug-likeness (QED) is 0.908. The van der Waals surface area contributed by atoms with E-state index in [9.17, 15) is 9.59 Å². The zero-order valence-corrected chi connectivity index (χ0v) is 16.2. The Hall–Kier alpha value is -2.05. The molecule has 2 rings (SSSR count). The molecule has 0 radical (unpaired) electrons. The predicted octanol–water partition coefficient (Wildman–Crippen LogP) is 2.23. The Bertz CT molecular complexity index is 662. The van der Waals surface area contributed by atoms with Gasteiger partial charge in [-0.3, -0.25) is 4.79 Å². The van der Waals surface area contributed by atoms with Crippen LogP contribution in [0.4, 0.5) is 10.5 Å². The number of nitrogens with zero attached hydrogens (tertiary/aromatic N) is 4. The van der Waals surface area contributed by atoms with E-state index in [0.29, 0.717) is 19.1 Å². The third-order valence-corrected chi connectivity index (χ3v) is 4.50. The number of urea groups is 1. The highest BCUT2D eigenvalue weighted by Crippen LogP contribution is 2.20. The van der Waals surface area contributed by atoms with Crippen LogP contribution in [-0.4, -0.2) is 52.4 Å². The van der Waals surface area contributed by atoms with Crippen molar-refractivity contribution in [2.45, 2.75) is 65.1 Å². The number of hydrogen-bond donors (Lipinski definition) is 1. The molecule has 0 aromatic carbocycles. The number of hydrogen-bond acceptors (Lipinski definition) is 4. The first-order valence-electron chi connectivity index (χ1n) is 8.97. The Morgan fingerprint density at radius 2 is 2.08 bits per heavy atom. The lowest BCUT2D eigenvalue weighted by molar-refractivity contribution is 0.155. The molecule has 140 valence electrons. The third kappa shape index (κ3) is 4.96. The van der Waals surface area contributed by atoms with E-state index >= 15 is 0 Å². The van der Waals surface area contributed by atoms with Gasteiger partial charge in [0.25, 0.3) is 5.56 Å². The molecule has 0 bridgehead atoms. The van der Waals surface area contributed by atoms with Crippen LogP contribution in [0.5, 0.6) is 0 Å². The molecule has 7 nitrogen and oxygen atoms in total. The van der Waals surface area contributed by atoms with Crippen molar-refractivity contribution in [3.8, 4) is 0 Å². The second-order valence-electron chi connectivity index (χ2n) is 8.12. The number of amides is 2. The van der Waals surface area contributed by atoms with Crippen LogP contribution in [0, 0.1) is 0 Å². The van der Waals surface area contributed by atoms with Crippen molar-refractivity contribution in [1.29, 1.82) is 0 Å². The predicted molar refractivity (Wildman–Crippen MR) is 100 cm³/mol. The molecule has 0 unspecified atom stereocenters. The topological polar surface area (TPSA) is 70.5 Å². The SMILES string of the molecule is CC(C)N(C)c1cnn([C@@H]2CCCN(C(=O)NC(C)(C)C)C2)c(=O)c1. The lowest BCUT2D eigenvalue weighted by Gasteiger charge is -2.35. The second-order valence-corrected chi connectivity index (χ2v) is 8.12. The third-order valence-electron chi connectivity index (χ3n) is 4.50. The summed E-state index contributed by atoms with van der Waals surface area (Å²) in [4.78, 5) is 28.7. The molecule has 1 fully saturated rings. The van der Waals surface area contributed by atoms with Crippen LogP contribution in [0.1, 0.15) is 53.5 Å². The molecule has 25 heavy (non-hydrogen) atoms. The van der Waals surface area contributed by atoms with Crippen molar-refractivity contribution < 1.29 is 4.79 Å². The Morgan fingerprint density at radius 3 is 2.64 bits per heavy atom. The van der Waals surface area contributed by atoms with Gasteiger partial charge in [0.05, 0.1) is 17.9 Å². The number of piperidine rings is 1. The molecule has 0 saturated carbocycles. The summed E-state index contributed by atoms with van der Waals surface area (Å²) >= 11 is 0. The summed E-state index contributed by atoms with van der Waals surface area (Å²) in [5, 5.41) is 7.36. The smallest absolute Gasteiger partial charge is 0.317 e. The number of aromatic nitrogens is 2. The van der Waals surface area contributed by atoms with E-state index in [1.807, 2.05) is 32.7 Å². The van der Waals surface area contributed by atoms with Crippen LogP contribution in [0.2, 0.25) is 0 Å². The van der Waals surface area contributed by atoms with Gasteiger partial charge in [-0.05, 0) is 47.5 Å². The lowest BCUT2D eigenvalue weighted by Crippen LogP contribution is -2.52. The highest BCUT2D eigenvalue weighted by Gasteiger charge is 2.28. The van der Waals surface area contributed by atoms with Gasteiger partial charge in [-0.1, -0.05) is 0 Å². The van der Waals surface area contributed by atoms with Crippen LogP contribution >= 0.6 is 0 Å². The minimum absolute atomic E-state index is 0.0784. The van der Waals surface area contributed by atoms with Gasteiger partial charge in [-0.25, -0.2) is 9.48 Å². The van der Waals surface area contributed by atoms with Gasteiger partial charge in [0.15, 0.2) is 0 Å². The Balaban J connectivity index is 2.13. The molecule has 0 aliphatic carbocycles. The maximum Gasteiger partial charge on any atom is 0.317 e. The highest BCUT2D eigenvalue weighted by molar-refractivity contribution is 5.75. The molecule has 1 aromatic rings. The summed E-state index contributed by atoms with van der Waals surface area (Å²) < 4.78 is 1.52. The average Bonchev–Trinajstić information content (AvgIpc) is 2.52. The van der Waals surface area contributed by atoms with Crippen molar-refractivity contribution in [3.63, 3.8) is 0 Å². The molecule has 0 spiro atoms. The number of likely N-dealkylation sites (tertiary alicyclic amines) is 1. The normalized spacial score (nSPS) is 18.4. The standard InChI is InChI=1S/C18H31N5O2/c1-13(2)21(6)15-10-16(24)23(19-11-15)14-8-7-9-22(12-14)17(25)20-18(3,4)5/h10-11,13-14H,7-9,12H2,1-6H3,(H,20,25)/t14-/m1/s1. The van der Waals surface area contributed by atoms with E-state index in [4.69, 9.17) is 0 Å². The van der Waals surface area contributed by atoms with E-state index in [1.165, 1.54) is 4.68 Å². The molecular weight excluding hydrogens is 318 g/mol. The molecule has 2 amide bonds. The van der Waals surface area contributed by atoms with Gasteiger partial charge in [-0.15, -0.1) is 0 Å². The molecule has 2 heterocycles. The molecule has 1 N–H and O–H groups in total. The fourth-order valence-corrected chi connectivity index (χ4v) is 2.91. The second kappa shape index (κ2) is 7.45. The largest absolute Gasteiger partial charge is 0.371 e. The van der Waals surface area contributed by atoms with Crippen molar-refractivity contribution in [2.24, 2.45) is 0 Å². The minimum atomic E-state index is -0.276. The monoisotopic (exact) mass is 349 g/mol. The Labute approximate surface area is 150 Å². The molecule has 1 atom stereocenters. The molecular formula is C18H31N5O2. The fraction of sp³-hybridized carbons (Fsp3) is 0.722. The maximum absolute atomic E-state index is 12.5. The molecule has 1 aromatic heterocycles. The number of anilines is 1. The Morgan fingerprint density at radius 1 is 1.40 bits per heavy atom. The summed E-state index contributed by atoms with van der Waals surface area (Å²) in [7, 11) is 1.95. The van der Waals surface area contributed by atoms with Crippen molar-refractivity contribution in [1.82, 2.24) is 20.0 Å². The first-order valence-corrected chi connectivity index (χ1v) is 8.97. The van der Waals surface area contributed by atoms with Crippen molar-refractivity contribution in [3.05, 3.63) is 22.6 Å². The van der Waals surface area contributed by atoms with E-state index in [-0.39, 0.29) is 23.2 Å². The summed E-state index contributed by atoms with van der Waals surface area (Å²) in [6.07, 6.45) is 3.45. The first-order chi connectivity index (χ1) is 11.6. The summed E-state index contributed by atoms with van der Waals surface area (Å²) in [6.45, 7) is 11.2. The lowest BCUT2D eigenvalue weighted by atomic mass is 10.1. The summed E-state index contributed by atoms with van der Waals surface area (Å²) in [5.41, 5.74) is 0.421. The van der Waals surface area contributed by atoms with Crippen LogP contribution in [0.15, 0.2) is 17.1 Å². The Kier molecular flexibility index (Phi) is 5.75. The van der Waals surface area contributed by atoms with E-state index in [1.54, 1.807) is 17.2 Å². The van der Waals surface area contributed by atoms with Gasteiger partial charge in [0.1, 0.15) is 0 Å². The van der Waals surface area contributed by atoms with E-state index in [0.717, 1.165) is 18.5 Å². The highest BCUT2D eigenvalue weighted by atomic mass is 16.2. The van der Waals surface area contributed by atoms with Crippen LogP contribution < -0.4 is 15.8 Å². The van der Waals surface area contributed by atoms with E-state index in [2.05, 4.69) is 24.3 Å². The van der Waals surface area contributed by atoms with Gasteiger partial charge in [0, 0.05) is 37.8 Å². The number of carbonyl (C=O) groups is 1.